The first kappa shape index (κ1) is 15.5. The molecule has 2 heterocycles. The molecule has 120 valence electrons. The summed E-state index contributed by atoms with van der Waals surface area (Å²) in [6.07, 6.45) is 1.63. The van der Waals surface area contributed by atoms with Crippen molar-refractivity contribution in [2.24, 2.45) is 0 Å². The SMILES string of the molecule is O=C(N[C@H]1CCCOC1)[C@H]1CN(Cc2ccccc2)CCO1. The first-order chi connectivity index (χ1) is 10.8. The fourth-order valence-corrected chi connectivity index (χ4v) is 3.00. The minimum Gasteiger partial charge on any atom is -0.379 e. The third kappa shape index (κ3) is 4.29. The number of carbonyl (C=O) groups is 1. The summed E-state index contributed by atoms with van der Waals surface area (Å²) in [7, 11) is 0. The zero-order chi connectivity index (χ0) is 15.2. The molecule has 0 unspecified atom stereocenters. The van der Waals surface area contributed by atoms with Crippen molar-refractivity contribution < 1.29 is 14.3 Å². The Kier molecular flexibility index (Phi) is 5.43. The topological polar surface area (TPSA) is 50.8 Å². The third-order valence-corrected chi connectivity index (χ3v) is 4.20. The highest BCUT2D eigenvalue weighted by Gasteiger charge is 2.28. The minimum absolute atomic E-state index is 0.00624. The zero-order valence-electron chi connectivity index (χ0n) is 12.9. The highest BCUT2D eigenvalue weighted by atomic mass is 16.5. The van der Waals surface area contributed by atoms with Crippen molar-refractivity contribution in [3.8, 4) is 0 Å². The van der Waals surface area contributed by atoms with Crippen LogP contribution in [0, 0.1) is 0 Å². The molecule has 2 aliphatic rings. The van der Waals surface area contributed by atoms with Gasteiger partial charge in [-0.25, -0.2) is 0 Å². The van der Waals surface area contributed by atoms with E-state index in [-0.39, 0.29) is 18.1 Å². The summed E-state index contributed by atoms with van der Waals surface area (Å²) in [5.74, 6) is -0.00624. The Morgan fingerprint density at radius 1 is 1.27 bits per heavy atom. The predicted octanol–water partition coefficient (Wildman–Crippen LogP) is 1.18. The molecule has 0 saturated carbocycles. The van der Waals surface area contributed by atoms with Crippen LogP contribution in [-0.4, -0.2) is 55.9 Å². The van der Waals surface area contributed by atoms with Gasteiger partial charge in [0.2, 0.25) is 0 Å². The number of carbonyl (C=O) groups excluding carboxylic acids is 1. The maximum Gasteiger partial charge on any atom is 0.250 e. The molecule has 2 aliphatic heterocycles. The van der Waals surface area contributed by atoms with Gasteiger partial charge in [0.15, 0.2) is 0 Å². The summed E-state index contributed by atoms with van der Waals surface area (Å²) in [6.45, 7) is 4.40. The van der Waals surface area contributed by atoms with Crippen molar-refractivity contribution in [2.75, 3.05) is 32.9 Å². The Balaban J connectivity index is 1.50. The molecule has 0 spiro atoms. The first-order valence-electron chi connectivity index (χ1n) is 8.07. The van der Waals surface area contributed by atoms with Gasteiger partial charge >= 0.3 is 0 Å². The molecule has 0 radical (unpaired) electrons. The summed E-state index contributed by atoms with van der Waals surface area (Å²) in [4.78, 5) is 14.6. The molecule has 3 rings (SSSR count). The lowest BCUT2D eigenvalue weighted by Crippen LogP contribution is -2.52. The van der Waals surface area contributed by atoms with Crippen LogP contribution in [0.3, 0.4) is 0 Å². The fraction of sp³-hybridized carbons (Fsp3) is 0.588. The largest absolute Gasteiger partial charge is 0.379 e. The van der Waals surface area contributed by atoms with Crippen LogP contribution in [0.5, 0.6) is 0 Å². The average Bonchev–Trinajstić information content (AvgIpc) is 2.57. The van der Waals surface area contributed by atoms with Gasteiger partial charge in [0.25, 0.3) is 5.91 Å². The molecular weight excluding hydrogens is 280 g/mol. The fourth-order valence-electron chi connectivity index (χ4n) is 3.00. The van der Waals surface area contributed by atoms with Crippen LogP contribution in [0.25, 0.3) is 0 Å². The Hall–Kier alpha value is -1.43. The number of hydrogen-bond donors (Lipinski definition) is 1. The molecule has 2 saturated heterocycles. The standard InChI is InChI=1S/C17H24N2O3/c20-17(18-15-7-4-9-21-13-15)16-12-19(8-10-22-16)11-14-5-2-1-3-6-14/h1-3,5-6,15-16H,4,7-13H2,(H,18,20)/t15-,16+/m0/s1. The Morgan fingerprint density at radius 2 is 2.14 bits per heavy atom. The lowest BCUT2D eigenvalue weighted by atomic mass is 10.1. The average molecular weight is 304 g/mol. The van der Waals surface area contributed by atoms with Crippen LogP contribution in [0.1, 0.15) is 18.4 Å². The van der Waals surface area contributed by atoms with E-state index in [9.17, 15) is 4.79 Å². The smallest absolute Gasteiger partial charge is 0.250 e. The number of morpholine rings is 1. The molecule has 0 bridgehead atoms. The summed E-state index contributed by atoms with van der Waals surface area (Å²) >= 11 is 0. The quantitative estimate of drug-likeness (QED) is 0.907. The van der Waals surface area contributed by atoms with Gasteiger partial charge in [0, 0.05) is 26.2 Å². The van der Waals surface area contributed by atoms with E-state index < -0.39 is 0 Å². The van der Waals surface area contributed by atoms with E-state index in [1.165, 1.54) is 5.56 Å². The van der Waals surface area contributed by atoms with Crippen LogP contribution in [0.15, 0.2) is 30.3 Å². The third-order valence-electron chi connectivity index (χ3n) is 4.20. The van der Waals surface area contributed by atoms with Crippen LogP contribution in [0.2, 0.25) is 0 Å². The number of nitrogens with zero attached hydrogens (tertiary/aromatic N) is 1. The second-order valence-corrected chi connectivity index (χ2v) is 6.00. The second kappa shape index (κ2) is 7.72. The van der Waals surface area contributed by atoms with Crippen molar-refractivity contribution in [1.29, 1.82) is 0 Å². The highest BCUT2D eigenvalue weighted by molar-refractivity contribution is 5.81. The number of hydrogen-bond acceptors (Lipinski definition) is 4. The molecule has 22 heavy (non-hydrogen) atoms. The van der Waals surface area contributed by atoms with Crippen molar-refractivity contribution in [1.82, 2.24) is 10.2 Å². The van der Waals surface area contributed by atoms with E-state index in [2.05, 4.69) is 22.3 Å². The lowest BCUT2D eigenvalue weighted by molar-refractivity contribution is -0.140. The molecule has 1 aromatic rings. The van der Waals surface area contributed by atoms with E-state index in [1.54, 1.807) is 0 Å². The molecular formula is C17H24N2O3. The van der Waals surface area contributed by atoms with Gasteiger partial charge in [-0.2, -0.15) is 0 Å². The van der Waals surface area contributed by atoms with Gasteiger partial charge < -0.3 is 14.8 Å². The normalized spacial score (nSPS) is 26.5. The molecule has 5 heteroatoms. The molecule has 0 aliphatic carbocycles. The molecule has 1 aromatic carbocycles. The minimum atomic E-state index is -0.376. The number of amides is 1. The predicted molar refractivity (Wildman–Crippen MR) is 83.4 cm³/mol. The monoisotopic (exact) mass is 304 g/mol. The number of ether oxygens (including phenoxy) is 2. The lowest BCUT2D eigenvalue weighted by Gasteiger charge is -2.33. The maximum atomic E-state index is 12.3. The molecule has 0 aromatic heterocycles. The summed E-state index contributed by atoms with van der Waals surface area (Å²) in [5.41, 5.74) is 1.27. The number of benzene rings is 1. The van der Waals surface area contributed by atoms with Crippen molar-refractivity contribution >= 4 is 5.91 Å². The molecule has 1 N–H and O–H groups in total. The van der Waals surface area contributed by atoms with Crippen molar-refractivity contribution in [3.05, 3.63) is 35.9 Å². The van der Waals surface area contributed by atoms with Gasteiger partial charge in [0.1, 0.15) is 6.10 Å². The summed E-state index contributed by atoms with van der Waals surface area (Å²) < 4.78 is 11.1. The second-order valence-electron chi connectivity index (χ2n) is 6.00. The molecule has 2 atom stereocenters. The van der Waals surface area contributed by atoms with Crippen LogP contribution < -0.4 is 5.32 Å². The van der Waals surface area contributed by atoms with Gasteiger partial charge in [-0.3, -0.25) is 9.69 Å². The summed E-state index contributed by atoms with van der Waals surface area (Å²) in [6, 6.07) is 10.5. The van der Waals surface area contributed by atoms with E-state index in [1.807, 2.05) is 18.2 Å². The van der Waals surface area contributed by atoms with Gasteiger partial charge in [-0.15, -0.1) is 0 Å². The van der Waals surface area contributed by atoms with Crippen LogP contribution >= 0.6 is 0 Å². The van der Waals surface area contributed by atoms with Crippen LogP contribution in [0.4, 0.5) is 0 Å². The Morgan fingerprint density at radius 3 is 2.91 bits per heavy atom. The van der Waals surface area contributed by atoms with Gasteiger partial charge in [-0.1, -0.05) is 30.3 Å². The Bertz CT molecular complexity index is 474. The number of nitrogens with one attached hydrogen (secondary N) is 1. The molecule has 1 amide bonds. The molecule has 2 fully saturated rings. The van der Waals surface area contributed by atoms with E-state index in [0.29, 0.717) is 19.8 Å². The van der Waals surface area contributed by atoms with Crippen molar-refractivity contribution in [3.63, 3.8) is 0 Å². The van der Waals surface area contributed by atoms with Gasteiger partial charge in [-0.05, 0) is 18.4 Å². The summed E-state index contributed by atoms with van der Waals surface area (Å²) in [5, 5.41) is 3.06. The van der Waals surface area contributed by atoms with Gasteiger partial charge in [0.05, 0.1) is 19.3 Å². The van der Waals surface area contributed by atoms with E-state index >= 15 is 0 Å². The first-order valence-corrected chi connectivity index (χ1v) is 8.07. The van der Waals surface area contributed by atoms with Crippen molar-refractivity contribution in [2.45, 2.75) is 31.5 Å². The zero-order valence-corrected chi connectivity index (χ0v) is 12.9. The van der Waals surface area contributed by atoms with Crippen LogP contribution in [-0.2, 0) is 20.8 Å². The number of rotatable bonds is 4. The Labute approximate surface area is 131 Å². The van der Waals surface area contributed by atoms with E-state index in [0.717, 1.165) is 32.5 Å². The molecule has 5 nitrogen and oxygen atoms in total. The highest BCUT2D eigenvalue weighted by Crippen LogP contribution is 2.12. The van der Waals surface area contributed by atoms with E-state index in [4.69, 9.17) is 9.47 Å². The maximum absolute atomic E-state index is 12.3.